The van der Waals surface area contributed by atoms with Gasteiger partial charge in [-0.25, -0.2) is 9.36 Å². The first-order valence-electron chi connectivity index (χ1n) is 3.78. The Hall–Kier alpha value is -0.580. The third kappa shape index (κ3) is 5.49. The van der Waals surface area contributed by atoms with Crippen LogP contribution in [0.4, 0.5) is 0 Å². The van der Waals surface area contributed by atoms with Crippen molar-refractivity contribution in [1.29, 1.82) is 0 Å². The van der Waals surface area contributed by atoms with Gasteiger partial charge in [-0.3, -0.25) is 9.41 Å². The number of aliphatic hydroxyl groups is 3. The fourth-order valence-corrected chi connectivity index (χ4v) is 1.02. The molecule has 0 spiro atoms. The van der Waals surface area contributed by atoms with E-state index in [1.165, 1.54) is 0 Å². The molecule has 0 rings (SSSR count). The van der Waals surface area contributed by atoms with Crippen molar-refractivity contribution in [2.75, 3.05) is 6.61 Å². The van der Waals surface area contributed by atoms with E-state index in [1.807, 2.05) is 0 Å². The summed E-state index contributed by atoms with van der Waals surface area (Å²) in [4.78, 5) is 30.0. The minimum Gasteiger partial charge on any atom is -0.388 e. The van der Waals surface area contributed by atoms with Crippen LogP contribution in [0.2, 0.25) is 0 Å². The minimum atomic E-state index is -4.84. The highest BCUT2D eigenvalue weighted by Gasteiger charge is 2.33. The van der Waals surface area contributed by atoms with Gasteiger partial charge in [-0.05, 0) is 0 Å². The predicted molar refractivity (Wildman–Crippen MR) is 44.7 cm³/mol. The Bertz CT molecular complexity index is 272. The van der Waals surface area contributed by atoms with Crippen LogP contribution in [-0.2, 0) is 18.8 Å². The zero-order valence-corrected chi connectivity index (χ0v) is 8.60. The lowest BCUT2D eigenvalue weighted by Crippen LogP contribution is -2.44. The van der Waals surface area contributed by atoms with Crippen LogP contribution in [0.15, 0.2) is 0 Å². The van der Waals surface area contributed by atoms with Gasteiger partial charge in [0.1, 0.15) is 12.2 Å². The molecule has 0 aliphatic rings. The predicted octanol–water partition coefficient (Wildman–Crippen LogP) is -2.81. The molecule has 0 aliphatic carbocycles. The van der Waals surface area contributed by atoms with E-state index in [4.69, 9.17) is 30.4 Å². The highest BCUT2D eigenvalue weighted by Crippen LogP contribution is 2.35. The summed E-state index contributed by atoms with van der Waals surface area (Å²) in [5.41, 5.74) is 0. The van der Waals surface area contributed by atoms with Crippen LogP contribution < -0.4 is 0 Å². The van der Waals surface area contributed by atoms with Gasteiger partial charge in [0, 0.05) is 0 Å². The Morgan fingerprint density at radius 3 is 2.12 bits per heavy atom. The molecule has 10 nitrogen and oxygen atoms in total. The summed E-state index contributed by atoms with van der Waals surface area (Å²) < 4.78 is 14.0. The molecule has 0 saturated heterocycles. The van der Waals surface area contributed by atoms with E-state index in [-0.39, 0.29) is 0 Å². The average molecular weight is 262 g/mol. The van der Waals surface area contributed by atoms with Gasteiger partial charge >= 0.3 is 13.8 Å². The summed E-state index contributed by atoms with van der Waals surface area (Å²) in [6.07, 6.45) is -6.37. The number of carbonyl (C=O) groups is 1. The Morgan fingerprint density at radius 1 is 1.25 bits per heavy atom. The Morgan fingerprint density at radius 2 is 1.75 bits per heavy atom. The number of hydrogen-bond acceptors (Lipinski definition) is 8. The van der Waals surface area contributed by atoms with Crippen molar-refractivity contribution in [3.63, 3.8) is 0 Å². The van der Waals surface area contributed by atoms with E-state index in [1.54, 1.807) is 0 Å². The molecule has 0 aromatic rings. The summed E-state index contributed by atoms with van der Waals surface area (Å²) in [6, 6.07) is 0. The van der Waals surface area contributed by atoms with Crippen molar-refractivity contribution in [2.45, 2.75) is 18.3 Å². The summed E-state index contributed by atoms with van der Waals surface area (Å²) in [7, 11) is -4.84. The number of hydrogen-bond donors (Lipinski definition) is 6. The summed E-state index contributed by atoms with van der Waals surface area (Å²) in [5.74, 6) is -1.64. The highest BCUT2D eigenvalue weighted by molar-refractivity contribution is 7.46. The molecule has 0 amide bonds. The SMILES string of the molecule is O=C(OO)[C@@H](O)[C@H](O)[C@H](O)COP(=O)(O)O. The molecule has 0 aromatic carbocycles. The zero-order valence-electron chi connectivity index (χ0n) is 7.70. The van der Waals surface area contributed by atoms with Crippen LogP contribution in [-0.4, -0.2) is 61.3 Å². The van der Waals surface area contributed by atoms with Gasteiger partial charge in [0.2, 0.25) is 0 Å². The minimum absolute atomic E-state index is 1.03. The van der Waals surface area contributed by atoms with E-state index in [2.05, 4.69) is 9.41 Å². The second-order valence-electron chi connectivity index (χ2n) is 2.70. The lowest BCUT2D eigenvalue weighted by Gasteiger charge is -2.20. The quantitative estimate of drug-likeness (QED) is 0.166. The molecule has 0 bridgehead atoms. The van der Waals surface area contributed by atoms with Crippen LogP contribution in [0.25, 0.3) is 0 Å². The van der Waals surface area contributed by atoms with Gasteiger partial charge < -0.3 is 25.1 Å². The normalized spacial score (nSPS) is 17.6. The molecule has 16 heavy (non-hydrogen) atoms. The monoisotopic (exact) mass is 262 g/mol. The molecular weight excluding hydrogens is 251 g/mol. The lowest BCUT2D eigenvalue weighted by molar-refractivity contribution is -0.248. The topological polar surface area (TPSA) is 174 Å². The molecule has 0 radical (unpaired) electrons. The molecule has 11 heteroatoms. The fourth-order valence-electron chi connectivity index (χ4n) is 0.676. The molecule has 0 unspecified atom stereocenters. The Kier molecular flexibility index (Phi) is 6.00. The average Bonchev–Trinajstić information content (AvgIpc) is 2.21. The van der Waals surface area contributed by atoms with E-state index < -0.39 is 38.7 Å². The van der Waals surface area contributed by atoms with Crippen molar-refractivity contribution in [3.8, 4) is 0 Å². The lowest BCUT2D eigenvalue weighted by atomic mass is 10.1. The molecule has 3 atom stereocenters. The van der Waals surface area contributed by atoms with Gasteiger partial charge in [0.05, 0.1) is 6.61 Å². The third-order valence-electron chi connectivity index (χ3n) is 1.46. The number of phosphoric acid groups is 1. The molecule has 6 N–H and O–H groups in total. The van der Waals surface area contributed by atoms with Crippen LogP contribution in [0.5, 0.6) is 0 Å². The summed E-state index contributed by atoms with van der Waals surface area (Å²) in [5, 5.41) is 34.8. The molecule has 0 aliphatic heterocycles. The van der Waals surface area contributed by atoms with E-state index in [9.17, 15) is 9.36 Å². The molecule has 0 heterocycles. The van der Waals surface area contributed by atoms with Crippen molar-refractivity contribution in [3.05, 3.63) is 0 Å². The van der Waals surface area contributed by atoms with Crippen LogP contribution in [0.1, 0.15) is 0 Å². The van der Waals surface area contributed by atoms with Crippen LogP contribution >= 0.6 is 7.82 Å². The largest absolute Gasteiger partial charge is 0.469 e. The maximum absolute atomic E-state index is 10.5. The van der Waals surface area contributed by atoms with Gasteiger partial charge in [0.25, 0.3) is 0 Å². The van der Waals surface area contributed by atoms with Crippen molar-refractivity contribution in [2.24, 2.45) is 0 Å². The maximum atomic E-state index is 10.5. The maximum Gasteiger partial charge on any atom is 0.469 e. The molecule has 0 aromatic heterocycles. The first kappa shape index (κ1) is 15.4. The second-order valence-corrected chi connectivity index (χ2v) is 3.94. The number of rotatable bonds is 6. The van der Waals surface area contributed by atoms with Gasteiger partial charge in [-0.15, -0.1) is 0 Å². The van der Waals surface area contributed by atoms with E-state index in [0.717, 1.165) is 0 Å². The highest BCUT2D eigenvalue weighted by atomic mass is 31.2. The Labute approximate surface area is 88.8 Å². The smallest absolute Gasteiger partial charge is 0.388 e. The molecule has 96 valence electrons. The molecule has 0 fully saturated rings. The van der Waals surface area contributed by atoms with Crippen molar-refractivity contribution < 1.29 is 49.1 Å². The molecular formula is C5H11O10P. The first-order valence-corrected chi connectivity index (χ1v) is 5.31. The molecule has 0 saturated carbocycles. The van der Waals surface area contributed by atoms with E-state index >= 15 is 0 Å². The number of phosphoric ester groups is 1. The summed E-state index contributed by atoms with van der Waals surface area (Å²) >= 11 is 0. The van der Waals surface area contributed by atoms with E-state index in [0.29, 0.717) is 0 Å². The first-order chi connectivity index (χ1) is 7.19. The van der Waals surface area contributed by atoms with Crippen molar-refractivity contribution >= 4 is 13.8 Å². The second kappa shape index (κ2) is 6.23. The Balaban J connectivity index is 4.23. The number of aliphatic hydroxyl groups excluding tert-OH is 3. The van der Waals surface area contributed by atoms with Gasteiger partial charge in [0.15, 0.2) is 6.10 Å². The summed E-state index contributed by atoms with van der Waals surface area (Å²) in [6.45, 7) is -1.03. The van der Waals surface area contributed by atoms with Crippen LogP contribution in [0.3, 0.4) is 0 Å². The van der Waals surface area contributed by atoms with Crippen LogP contribution in [0, 0.1) is 0 Å². The third-order valence-corrected chi connectivity index (χ3v) is 1.95. The number of carbonyl (C=O) groups excluding carboxylic acids is 1. The fraction of sp³-hybridized carbons (Fsp3) is 0.800. The standard InChI is InChI=1S/C5H11O10P/c6-2(1-14-16(11,12)13)3(7)4(8)5(9)15-10/h2-4,6-8,10H,1H2,(H2,11,12,13)/t2-,3-,4+/m1/s1. The zero-order chi connectivity index (χ0) is 12.9. The van der Waals surface area contributed by atoms with Gasteiger partial charge in [-0.2, -0.15) is 5.26 Å². The van der Waals surface area contributed by atoms with Crippen molar-refractivity contribution in [1.82, 2.24) is 0 Å². The van der Waals surface area contributed by atoms with Gasteiger partial charge in [-0.1, -0.05) is 0 Å².